The Kier molecular flexibility index (Phi) is 5.00. The molecule has 5 nitrogen and oxygen atoms in total. The van der Waals surface area contributed by atoms with Gasteiger partial charge in [0.2, 0.25) is 0 Å². The maximum atomic E-state index is 10.5. The van der Waals surface area contributed by atoms with Gasteiger partial charge in [0.25, 0.3) is 0 Å². The van der Waals surface area contributed by atoms with Gasteiger partial charge in [0.15, 0.2) is 5.96 Å². The van der Waals surface area contributed by atoms with Crippen LogP contribution in [0.25, 0.3) is 0 Å². The van der Waals surface area contributed by atoms with Crippen LogP contribution in [0.3, 0.4) is 0 Å². The van der Waals surface area contributed by atoms with E-state index in [9.17, 15) is 5.11 Å². The predicted octanol–water partition coefficient (Wildman–Crippen LogP) is 2.00. The van der Waals surface area contributed by atoms with Crippen LogP contribution in [0.4, 0.5) is 0 Å². The van der Waals surface area contributed by atoms with Crippen molar-refractivity contribution in [2.75, 3.05) is 26.2 Å². The summed E-state index contributed by atoms with van der Waals surface area (Å²) in [6, 6.07) is 0. The number of hydrogen-bond acceptors (Lipinski definition) is 3. The van der Waals surface area contributed by atoms with Crippen LogP contribution in [0.5, 0.6) is 0 Å². The molecule has 1 saturated carbocycles. The number of ether oxygens (including phenoxy) is 1. The monoisotopic (exact) mass is 335 g/mol. The summed E-state index contributed by atoms with van der Waals surface area (Å²) in [5.41, 5.74) is 0. The lowest BCUT2D eigenvalue weighted by Crippen LogP contribution is -2.42. The molecule has 3 aliphatic heterocycles. The minimum atomic E-state index is -0.277. The van der Waals surface area contributed by atoms with Crippen molar-refractivity contribution in [1.29, 1.82) is 0 Å². The largest absolute Gasteiger partial charge is 0.391 e. The van der Waals surface area contributed by atoms with E-state index in [0.29, 0.717) is 36.5 Å². The number of likely N-dealkylation sites (tertiary alicyclic amines) is 1. The minimum Gasteiger partial charge on any atom is -0.391 e. The van der Waals surface area contributed by atoms with Crippen LogP contribution in [0.15, 0.2) is 4.99 Å². The topological polar surface area (TPSA) is 57.1 Å². The summed E-state index contributed by atoms with van der Waals surface area (Å²) in [5, 5.41) is 14.0. The summed E-state index contributed by atoms with van der Waals surface area (Å²) < 4.78 is 6.08. The maximum Gasteiger partial charge on any atom is 0.194 e. The fourth-order valence-corrected chi connectivity index (χ4v) is 5.41. The van der Waals surface area contributed by atoms with Gasteiger partial charge in [-0.1, -0.05) is 19.3 Å². The molecule has 2 N–H and O–H groups in total. The third-order valence-electron chi connectivity index (χ3n) is 6.71. The van der Waals surface area contributed by atoms with Crippen molar-refractivity contribution in [3.05, 3.63) is 0 Å². The zero-order valence-corrected chi connectivity index (χ0v) is 15.0. The molecule has 24 heavy (non-hydrogen) atoms. The highest BCUT2D eigenvalue weighted by atomic mass is 16.5. The second kappa shape index (κ2) is 7.20. The van der Waals surface area contributed by atoms with Crippen molar-refractivity contribution in [3.63, 3.8) is 0 Å². The van der Waals surface area contributed by atoms with E-state index in [4.69, 9.17) is 9.73 Å². The standard InChI is InChI=1S/C19H33N3O2/c1-2-20-19(21-10-16(23)13-6-4-3-5-7-13)22-11-14-15(12-22)18-9-8-17(14)24-18/h13-18,23H,2-12H2,1H3,(H,20,21). The Labute approximate surface area is 145 Å². The predicted molar refractivity (Wildman–Crippen MR) is 95.0 cm³/mol. The quantitative estimate of drug-likeness (QED) is 0.609. The normalized spacial score (nSPS) is 37.8. The molecule has 4 aliphatic rings. The second-order valence-electron chi connectivity index (χ2n) is 8.18. The van der Waals surface area contributed by atoms with Crippen molar-refractivity contribution >= 4 is 5.96 Å². The maximum absolute atomic E-state index is 10.5. The van der Waals surface area contributed by atoms with Crippen LogP contribution in [0.2, 0.25) is 0 Å². The van der Waals surface area contributed by atoms with Crippen LogP contribution in [-0.2, 0) is 4.74 Å². The minimum absolute atomic E-state index is 0.277. The number of hydrogen-bond donors (Lipinski definition) is 2. The lowest BCUT2D eigenvalue weighted by molar-refractivity contribution is 0.0763. The third-order valence-corrected chi connectivity index (χ3v) is 6.71. The fraction of sp³-hybridized carbons (Fsp3) is 0.947. The van der Waals surface area contributed by atoms with Gasteiger partial charge in [-0.2, -0.15) is 0 Å². The molecular weight excluding hydrogens is 302 g/mol. The van der Waals surface area contributed by atoms with Gasteiger partial charge in [-0.3, -0.25) is 4.99 Å². The third kappa shape index (κ3) is 3.17. The molecule has 136 valence electrons. The summed E-state index contributed by atoms with van der Waals surface area (Å²) in [6.45, 7) is 5.68. The highest BCUT2D eigenvalue weighted by Gasteiger charge is 2.53. The lowest BCUT2D eigenvalue weighted by atomic mass is 9.82. The molecule has 5 atom stereocenters. The first-order valence-corrected chi connectivity index (χ1v) is 10.1. The van der Waals surface area contributed by atoms with Crippen LogP contribution < -0.4 is 5.32 Å². The number of rotatable bonds is 4. The number of aliphatic hydroxyl groups is 1. The molecule has 2 bridgehead atoms. The molecule has 3 saturated heterocycles. The summed E-state index contributed by atoms with van der Waals surface area (Å²) >= 11 is 0. The number of aliphatic imine (C=N–C) groups is 1. The number of fused-ring (bicyclic) bond motifs is 5. The molecular formula is C19H33N3O2. The van der Waals surface area contributed by atoms with Gasteiger partial charge in [0, 0.05) is 31.5 Å². The van der Waals surface area contributed by atoms with Gasteiger partial charge in [-0.05, 0) is 38.5 Å². The molecule has 0 amide bonds. The Bertz CT molecular complexity index is 446. The van der Waals surface area contributed by atoms with Crippen molar-refractivity contribution in [2.24, 2.45) is 22.7 Å². The fourth-order valence-electron chi connectivity index (χ4n) is 5.41. The first-order valence-electron chi connectivity index (χ1n) is 10.1. The van der Waals surface area contributed by atoms with Gasteiger partial charge in [-0.25, -0.2) is 0 Å². The van der Waals surface area contributed by atoms with Crippen LogP contribution in [-0.4, -0.2) is 60.5 Å². The van der Waals surface area contributed by atoms with Gasteiger partial charge >= 0.3 is 0 Å². The van der Waals surface area contributed by atoms with Crippen LogP contribution >= 0.6 is 0 Å². The van der Waals surface area contributed by atoms with Crippen molar-refractivity contribution in [1.82, 2.24) is 10.2 Å². The number of nitrogens with one attached hydrogen (secondary N) is 1. The molecule has 0 radical (unpaired) electrons. The Balaban J connectivity index is 1.37. The average Bonchev–Trinajstić information content (AvgIpc) is 3.31. The summed E-state index contributed by atoms with van der Waals surface area (Å²) in [7, 11) is 0. The molecule has 3 heterocycles. The summed E-state index contributed by atoms with van der Waals surface area (Å²) in [4.78, 5) is 7.23. The van der Waals surface area contributed by atoms with Crippen LogP contribution in [0.1, 0.15) is 51.9 Å². The van der Waals surface area contributed by atoms with E-state index in [1.54, 1.807) is 0 Å². The first kappa shape index (κ1) is 16.6. The zero-order valence-electron chi connectivity index (χ0n) is 15.0. The molecule has 1 aliphatic carbocycles. The Morgan fingerprint density at radius 3 is 2.42 bits per heavy atom. The lowest BCUT2D eigenvalue weighted by Gasteiger charge is -2.27. The van der Waals surface area contributed by atoms with E-state index in [-0.39, 0.29) is 6.10 Å². The molecule has 5 unspecified atom stereocenters. The van der Waals surface area contributed by atoms with Gasteiger partial charge < -0.3 is 20.1 Å². The van der Waals surface area contributed by atoms with E-state index >= 15 is 0 Å². The Hall–Kier alpha value is -0.810. The van der Waals surface area contributed by atoms with E-state index < -0.39 is 0 Å². The smallest absolute Gasteiger partial charge is 0.194 e. The van der Waals surface area contributed by atoms with Crippen molar-refractivity contribution in [3.8, 4) is 0 Å². The van der Waals surface area contributed by atoms with Crippen molar-refractivity contribution < 1.29 is 9.84 Å². The molecule has 0 spiro atoms. The van der Waals surface area contributed by atoms with E-state index in [1.807, 2.05) is 0 Å². The summed E-state index contributed by atoms with van der Waals surface area (Å²) in [5.74, 6) is 2.83. The van der Waals surface area contributed by atoms with E-state index in [0.717, 1.165) is 25.6 Å². The van der Waals surface area contributed by atoms with Gasteiger partial charge in [-0.15, -0.1) is 0 Å². The number of guanidine groups is 1. The zero-order chi connectivity index (χ0) is 16.5. The Morgan fingerprint density at radius 2 is 1.79 bits per heavy atom. The number of aliphatic hydroxyl groups excluding tert-OH is 1. The molecule has 0 aromatic rings. The van der Waals surface area contributed by atoms with Crippen molar-refractivity contribution in [2.45, 2.75) is 70.2 Å². The molecule has 5 heteroatoms. The molecule has 4 fully saturated rings. The highest BCUT2D eigenvalue weighted by molar-refractivity contribution is 5.80. The van der Waals surface area contributed by atoms with Gasteiger partial charge in [0.1, 0.15) is 0 Å². The summed E-state index contributed by atoms with van der Waals surface area (Å²) in [6.07, 6.45) is 9.39. The Morgan fingerprint density at radius 1 is 1.12 bits per heavy atom. The first-order chi connectivity index (χ1) is 11.8. The van der Waals surface area contributed by atoms with E-state index in [1.165, 1.54) is 44.9 Å². The SMILES string of the molecule is CCNC(=NCC(O)C1CCCCC1)N1CC2C3CCC(O3)C2C1. The second-order valence-corrected chi connectivity index (χ2v) is 8.18. The van der Waals surface area contributed by atoms with Gasteiger partial charge in [0.05, 0.1) is 24.9 Å². The van der Waals surface area contributed by atoms with E-state index in [2.05, 4.69) is 17.1 Å². The molecule has 0 aromatic heterocycles. The average molecular weight is 335 g/mol. The molecule has 0 aromatic carbocycles. The highest BCUT2D eigenvalue weighted by Crippen LogP contribution is 2.47. The van der Waals surface area contributed by atoms with Crippen LogP contribution in [0, 0.1) is 17.8 Å². The number of nitrogens with zero attached hydrogens (tertiary/aromatic N) is 2. The molecule has 4 rings (SSSR count).